The highest BCUT2D eigenvalue weighted by atomic mass is 16.6. The number of aryl methyl sites for hydroxylation is 2. The molecule has 1 amide bonds. The topological polar surface area (TPSA) is 103 Å². The van der Waals surface area contributed by atoms with Crippen molar-refractivity contribution in [2.75, 3.05) is 12.4 Å². The molecule has 3 rings (SSSR count). The van der Waals surface area contributed by atoms with E-state index in [-0.39, 0.29) is 5.91 Å². The Labute approximate surface area is 131 Å². The smallest absolute Gasteiger partial charge is 0.224 e. The van der Waals surface area contributed by atoms with Crippen LogP contribution in [0, 0.1) is 13.8 Å². The fourth-order valence-electron chi connectivity index (χ4n) is 2.42. The van der Waals surface area contributed by atoms with Gasteiger partial charge in [0.25, 0.3) is 0 Å². The van der Waals surface area contributed by atoms with Crippen molar-refractivity contribution in [2.24, 2.45) is 0 Å². The molecule has 0 aliphatic heterocycles. The summed E-state index contributed by atoms with van der Waals surface area (Å²) in [6.45, 7) is 3.69. The average molecular weight is 316 g/mol. The molecule has 1 N–H and O–H groups in total. The van der Waals surface area contributed by atoms with Crippen LogP contribution in [0.2, 0.25) is 0 Å². The largest absolute Gasteiger partial charge is 0.494 e. The SMILES string of the molecule is COc1ccc(NC(=O)CCc2c(C)noc2C)c2nonc12. The van der Waals surface area contributed by atoms with E-state index < -0.39 is 0 Å². The molecule has 23 heavy (non-hydrogen) atoms. The van der Waals surface area contributed by atoms with Gasteiger partial charge in [-0.25, -0.2) is 4.63 Å². The lowest BCUT2D eigenvalue weighted by Gasteiger charge is -2.06. The van der Waals surface area contributed by atoms with E-state index in [4.69, 9.17) is 13.9 Å². The first kappa shape index (κ1) is 15.0. The van der Waals surface area contributed by atoms with Crippen molar-refractivity contribution in [1.29, 1.82) is 0 Å². The number of benzene rings is 1. The highest BCUT2D eigenvalue weighted by molar-refractivity contribution is 6.00. The highest BCUT2D eigenvalue weighted by Crippen LogP contribution is 2.28. The van der Waals surface area contributed by atoms with Gasteiger partial charge >= 0.3 is 0 Å². The Balaban J connectivity index is 1.72. The van der Waals surface area contributed by atoms with Crippen LogP contribution in [0.1, 0.15) is 23.4 Å². The van der Waals surface area contributed by atoms with Crippen molar-refractivity contribution in [3.05, 3.63) is 29.2 Å². The number of ether oxygens (including phenoxy) is 1. The summed E-state index contributed by atoms with van der Waals surface area (Å²) >= 11 is 0. The molecule has 0 fully saturated rings. The van der Waals surface area contributed by atoms with Gasteiger partial charge in [-0.1, -0.05) is 5.16 Å². The Morgan fingerprint density at radius 2 is 2.00 bits per heavy atom. The number of nitrogens with zero attached hydrogens (tertiary/aromatic N) is 3. The van der Waals surface area contributed by atoms with E-state index in [1.165, 1.54) is 7.11 Å². The lowest BCUT2D eigenvalue weighted by atomic mass is 10.1. The molecule has 0 aliphatic carbocycles. The Bertz CT molecular complexity index is 833. The summed E-state index contributed by atoms with van der Waals surface area (Å²) in [4.78, 5) is 12.2. The minimum absolute atomic E-state index is 0.139. The Morgan fingerprint density at radius 3 is 2.70 bits per heavy atom. The number of rotatable bonds is 5. The zero-order valence-corrected chi connectivity index (χ0v) is 13.0. The third kappa shape index (κ3) is 2.87. The minimum Gasteiger partial charge on any atom is -0.494 e. The Hall–Kier alpha value is -2.90. The molecule has 0 atom stereocenters. The first-order valence-corrected chi connectivity index (χ1v) is 7.11. The predicted molar refractivity (Wildman–Crippen MR) is 81.3 cm³/mol. The van der Waals surface area contributed by atoms with Gasteiger partial charge in [0.2, 0.25) is 5.91 Å². The van der Waals surface area contributed by atoms with Crippen LogP contribution in [-0.2, 0) is 11.2 Å². The molecule has 0 aliphatic rings. The second-order valence-electron chi connectivity index (χ2n) is 5.13. The number of amides is 1. The van der Waals surface area contributed by atoms with Crippen molar-refractivity contribution in [3.63, 3.8) is 0 Å². The number of nitrogens with one attached hydrogen (secondary N) is 1. The van der Waals surface area contributed by atoms with E-state index in [9.17, 15) is 4.79 Å². The highest BCUT2D eigenvalue weighted by Gasteiger charge is 2.15. The summed E-state index contributed by atoms with van der Waals surface area (Å²) in [5, 5.41) is 14.3. The maximum Gasteiger partial charge on any atom is 0.224 e. The van der Waals surface area contributed by atoms with Crippen LogP contribution in [0.4, 0.5) is 5.69 Å². The molecule has 1 aromatic carbocycles. The van der Waals surface area contributed by atoms with Gasteiger partial charge in [-0.15, -0.1) is 0 Å². The van der Waals surface area contributed by atoms with E-state index in [1.54, 1.807) is 12.1 Å². The zero-order valence-electron chi connectivity index (χ0n) is 13.0. The molecule has 0 radical (unpaired) electrons. The van der Waals surface area contributed by atoms with Crippen LogP contribution in [0.25, 0.3) is 11.0 Å². The van der Waals surface area contributed by atoms with Gasteiger partial charge in [0.1, 0.15) is 5.76 Å². The van der Waals surface area contributed by atoms with Crippen LogP contribution in [0.15, 0.2) is 21.3 Å². The first-order chi connectivity index (χ1) is 11.1. The number of anilines is 1. The van der Waals surface area contributed by atoms with Crippen molar-refractivity contribution >= 4 is 22.6 Å². The summed E-state index contributed by atoms with van der Waals surface area (Å²) in [6, 6.07) is 3.41. The molecule has 0 spiro atoms. The quantitative estimate of drug-likeness (QED) is 0.770. The number of aromatic nitrogens is 3. The van der Waals surface area contributed by atoms with E-state index in [0.717, 1.165) is 17.0 Å². The third-order valence-electron chi connectivity index (χ3n) is 3.66. The summed E-state index contributed by atoms with van der Waals surface area (Å²) in [5.74, 6) is 1.14. The van der Waals surface area contributed by atoms with Crippen molar-refractivity contribution in [3.8, 4) is 5.75 Å². The summed E-state index contributed by atoms with van der Waals surface area (Å²) in [6.07, 6.45) is 0.866. The number of carbonyl (C=O) groups is 1. The standard InChI is InChI=1S/C15H16N4O4/c1-8-10(9(2)22-17-8)4-7-13(20)16-11-5-6-12(21-3)15-14(11)18-23-19-15/h5-6H,4,7H2,1-3H3,(H,16,20). The number of hydrogen-bond donors (Lipinski definition) is 1. The van der Waals surface area contributed by atoms with Crippen molar-refractivity contribution in [2.45, 2.75) is 26.7 Å². The molecule has 2 heterocycles. The second kappa shape index (κ2) is 6.07. The van der Waals surface area contributed by atoms with Gasteiger partial charge in [-0.05, 0) is 42.7 Å². The normalized spacial score (nSPS) is 10.9. The molecule has 0 bridgehead atoms. The van der Waals surface area contributed by atoms with Gasteiger partial charge in [0.15, 0.2) is 16.8 Å². The fraction of sp³-hybridized carbons (Fsp3) is 0.333. The van der Waals surface area contributed by atoms with Crippen LogP contribution in [0.5, 0.6) is 5.75 Å². The number of fused-ring (bicyclic) bond motifs is 1. The number of carbonyl (C=O) groups excluding carboxylic acids is 1. The number of hydrogen-bond acceptors (Lipinski definition) is 7. The van der Waals surface area contributed by atoms with E-state index in [1.807, 2.05) is 13.8 Å². The summed E-state index contributed by atoms with van der Waals surface area (Å²) in [5.41, 5.74) is 3.22. The molecule has 120 valence electrons. The fourth-order valence-corrected chi connectivity index (χ4v) is 2.42. The van der Waals surface area contributed by atoms with E-state index >= 15 is 0 Å². The molecule has 0 saturated carbocycles. The second-order valence-corrected chi connectivity index (χ2v) is 5.13. The van der Waals surface area contributed by atoms with Crippen LogP contribution >= 0.6 is 0 Å². The summed E-state index contributed by atoms with van der Waals surface area (Å²) < 4.78 is 15.0. The van der Waals surface area contributed by atoms with Gasteiger partial charge in [0, 0.05) is 12.0 Å². The van der Waals surface area contributed by atoms with E-state index in [2.05, 4.69) is 20.8 Å². The van der Waals surface area contributed by atoms with Crippen LogP contribution in [0.3, 0.4) is 0 Å². The number of methoxy groups -OCH3 is 1. The van der Waals surface area contributed by atoms with E-state index in [0.29, 0.717) is 35.3 Å². The summed E-state index contributed by atoms with van der Waals surface area (Å²) in [7, 11) is 1.53. The zero-order chi connectivity index (χ0) is 16.4. The van der Waals surface area contributed by atoms with Crippen molar-refractivity contribution < 1.29 is 18.7 Å². The maximum absolute atomic E-state index is 12.2. The lowest BCUT2D eigenvalue weighted by Crippen LogP contribution is -2.13. The van der Waals surface area contributed by atoms with Gasteiger partial charge < -0.3 is 14.6 Å². The molecule has 3 aromatic rings. The van der Waals surface area contributed by atoms with Crippen molar-refractivity contribution in [1.82, 2.24) is 15.5 Å². The Kier molecular flexibility index (Phi) is 3.96. The van der Waals surface area contributed by atoms with Crippen LogP contribution < -0.4 is 10.1 Å². The monoisotopic (exact) mass is 316 g/mol. The van der Waals surface area contributed by atoms with Crippen LogP contribution in [-0.4, -0.2) is 28.5 Å². The molecule has 8 heteroatoms. The maximum atomic E-state index is 12.2. The molecular weight excluding hydrogens is 300 g/mol. The average Bonchev–Trinajstić information content (AvgIpc) is 3.14. The third-order valence-corrected chi connectivity index (χ3v) is 3.66. The molecular formula is C15H16N4O4. The molecule has 8 nitrogen and oxygen atoms in total. The lowest BCUT2D eigenvalue weighted by molar-refractivity contribution is -0.116. The molecule has 2 aromatic heterocycles. The first-order valence-electron chi connectivity index (χ1n) is 7.11. The molecule has 0 saturated heterocycles. The molecule has 0 unspecified atom stereocenters. The van der Waals surface area contributed by atoms with Gasteiger partial charge in [0.05, 0.1) is 18.5 Å². The predicted octanol–water partition coefficient (Wildman–Crippen LogP) is 2.41. The van der Waals surface area contributed by atoms with Gasteiger partial charge in [-0.3, -0.25) is 4.79 Å². The van der Waals surface area contributed by atoms with Gasteiger partial charge in [-0.2, -0.15) is 0 Å². The minimum atomic E-state index is -0.139. The Morgan fingerprint density at radius 1 is 1.22 bits per heavy atom.